The molecule has 1 unspecified atom stereocenters. The Balaban J connectivity index is 4.37. The summed E-state index contributed by atoms with van der Waals surface area (Å²) in [5.74, 6) is 1.27. The minimum absolute atomic E-state index is 0.0881. The Labute approximate surface area is 115 Å². The number of allylic oxidation sites excluding steroid dienone is 3. The molecule has 0 aromatic heterocycles. The zero-order valence-electron chi connectivity index (χ0n) is 12.4. The van der Waals surface area contributed by atoms with Crippen molar-refractivity contribution in [1.82, 2.24) is 0 Å². The molecule has 0 aromatic carbocycles. The Morgan fingerprint density at radius 3 is 2.47 bits per heavy atom. The topological polar surface area (TPSA) is 27.7 Å². The van der Waals surface area contributed by atoms with E-state index in [1.807, 2.05) is 26.0 Å². The van der Waals surface area contributed by atoms with Crippen molar-refractivity contribution in [1.29, 1.82) is 0 Å². The summed E-state index contributed by atoms with van der Waals surface area (Å²) >= 11 is 0. The van der Waals surface area contributed by atoms with Gasteiger partial charge in [0.25, 0.3) is 0 Å². The Hall–Kier alpha value is -1.29. The molecule has 0 rings (SSSR count). The minimum Gasteiger partial charge on any atom is -0.493 e. The van der Waals surface area contributed by atoms with Crippen LogP contribution in [-0.2, 0) is 14.2 Å². The normalized spacial score (nSPS) is 14.2. The predicted octanol–water partition coefficient (Wildman–Crippen LogP) is 3.78. The molecule has 0 spiro atoms. The van der Waals surface area contributed by atoms with Gasteiger partial charge in [0.1, 0.15) is 12.8 Å². The standard InChI is InChI=1S/C15H25FO3/c1-6-12(3)10-15(14(7-2)17-5)19-9-8-18-11-13(4)16/h7,10,13H,3,6,8-9,11H2,1-2,4-5H3/b14-7+,15-10+. The van der Waals surface area contributed by atoms with E-state index in [0.717, 1.165) is 12.0 Å². The van der Waals surface area contributed by atoms with Crippen molar-refractivity contribution in [3.05, 3.63) is 35.8 Å². The van der Waals surface area contributed by atoms with Crippen LogP contribution in [0.3, 0.4) is 0 Å². The van der Waals surface area contributed by atoms with E-state index >= 15 is 0 Å². The first-order valence-electron chi connectivity index (χ1n) is 6.49. The highest BCUT2D eigenvalue weighted by atomic mass is 19.1. The summed E-state index contributed by atoms with van der Waals surface area (Å²) in [7, 11) is 1.59. The molecule has 0 aliphatic heterocycles. The third-order valence-corrected chi connectivity index (χ3v) is 2.35. The van der Waals surface area contributed by atoms with Crippen molar-refractivity contribution >= 4 is 0 Å². The molecule has 0 aliphatic rings. The zero-order valence-corrected chi connectivity index (χ0v) is 12.4. The number of rotatable bonds is 10. The molecular weight excluding hydrogens is 247 g/mol. The second-order valence-electron chi connectivity index (χ2n) is 4.08. The average molecular weight is 272 g/mol. The van der Waals surface area contributed by atoms with Crippen molar-refractivity contribution in [2.75, 3.05) is 26.9 Å². The summed E-state index contributed by atoms with van der Waals surface area (Å²) in [5, 5.41) is 0. The zero-order chi connectivity index (χ0) is 14.7. The summed E-state index contributed by atoms with van der Waals surface area (Å²) in [4.78, 5) is 0. The van der Waals surface area contributed by atoms with Crippen molar-refractivity contribution in [2.45, 2.75) is 33.4 Å². The molecule has 0 saturated heterocycles. The molecule has 4 heteroatoms. The monoisotopic (exact) mass is 272 g/mol. The summed E-state index contributed by atoms with van der Waals surface area (Å²) in [6.45, 7) is 10.0. The second-order valence-corrected chi connectivity index (χ2v) is 4.08. The van der Waals surface area contributed by atoms with Gasteiger partial charge in [0.05, 0.1) is 20.3 Å². The van der Waals surface area contributed by atoms with Crippen LogP contribution in [0, 0.1) is 0 Å². The number of hydrogen-bond acceptors (Lipinski definition) is 3. The number of hydrogen-bond donors (Lipinski definition) is 0. The van der Waals surface area contributed by atoms with Crippen LogP contribution in [-0.4, -0.2) is 33.1 Å². The average Bonchev–Trinajstić information content (AvgIpc) is 2.38. The largest absolute Gasteiger partial charge is 0.493 e. The van der Waals surface area contributed by atoms with Gasteiger partial charge in [0, 0.05) is 0 Å². The molecule has 0 bridgehead atoms. The minimum atomic E-state index is -0.958. The fourth-order valence-electron chi connectivity index (χ4n) is 1.29. The molecule has 19 heavy (non-hydrogen) atoms. The smallest absolute Gasteiger partial charge is 0.161 e. The van der Waals surface area contributed by atoms with Crippen molar-refractivity contribution in [3.8, 4) is 0 Å². The lowest BCUT2D eigenvalue weighted by atomic mass is 10.2. The molecule has 0 radical (unpaired) electrons. The molecule has 0 fully saturated rings. The lowest BCUT2D eigenvalue weighted by Crippen LogP contribution is -2.11. The van der Waals surface area contributed by atoms with Gasteiger partial charge in [-0.2, -0.15) is 0 Å². The van der Waals surface area contributed by atoms with Crippen LogP contribution in [0.25, 0.3) is 0 Å². The molecule has 0 N–H and O–H groups in total. The third-order valence-electron chi connectivity index (χ3n) is 2.35. The fourth-order valence-corrected chi connectivity index (χ4v) is 1.29. The van der Waals surface area contributed by atoms with Gasteiger partial charge in [-0.05, 0) is 32.4 Å². The van der Waals surface area contributed by atoms with Gasteiger partial charge in [-0.25, -0.2) is 4.39 Å². The van der Waals surface area contributed by atoms with E-state index in [4.69, 9.17) is 14.2 Å². The Kier molecular flexibility index (Phi) is 9.90. The SMILES string of the molecule is C=C(/C=C(OCCOCC(C)F)\C(=C/C)OC)CC. The summed E-state index contributed by atoms with van der Waals surface area (Å²) in [6, 6.07) is 0. The van der Waals surface area contributed by atoms with Crippen LogP contribution in [0.1, 0.15) is 27.2 Å². The number of methoxy groups -OCH3 is 1. The van der Waals surface area contributed by atoms with Crippen molar-refractivity contribution in [2.24, 2.45) is 0 Å². The van der Waals surface area contributed by atoms with Crippen LogP contribution >= 0.6 is 0 Å². The first kappa shape index (κ1) is 17.7. The van der Waals surface area contributed by atoms with E-state index in [1.54, 1.807) is 7.11 Å². The molecule has 0 amide bonds. The Morgan fingerprint density at radius 2 is 2.00 bits per heavy atom. The van der Waals surface area contributed by atoms with Crippen molar-refractivity contribution in [3.63, 3.8) is 0 Å². The summed E-state index contributed by atoms with van der Waals surface area (Å²) in [5.41, 5.74) is 0.949. The highest BCUT2D eigenvalue weighted by Gasteiger charge is 2.07. The van der Waals surface area contributed by atoms with Crippen LogP contribution in [0.5, 0.6) is 0 Å². The third kappa shape index (κ3) is 8.43. The van der Waals surface area contributed by atoms with Gasteiger partial charge < -0.3 is 14.2 Å². The van der Waals surface area contributed by atoms with Gasteiger partial charge in [0.2, 0.25) is 0 Å². The number of ether oxygens (including phenoxy) is 3. The van der Waals surface area contributed by atoms with E-state index in [2.05, 4.69) is 6.58 Å². The lowest BCUT2D eigenvalue weighted by molar-refractivity contribution is 0.0467. The number of alkyl halides is 1. The highest BCUT2D eigenvalue weighted by Crippen LogP contribution is 2.15. The molecule has 3 nitrogen and oxygen atoms in total. The maximum absolute atomic E-state index is 12.5. The lowest BCUT2D eigenvalue weighted by Gasteiger charge is -2.13. The molecule has 0 aromatic rings. The highest BCUT2D eigenvalue weighted by molar-refractivity contribution is 5.28. The van der Waals surface area contributed by atoms with Crippen LogP contribution in [0.2, 0.25) is 0 Å². The molecule has 0 heterocycles. The van der Waals surface area contributed by atoms with Gasteiger partial charge >= 0.3 is 0 Å². The molecular formula is C15H25FO3. The van der Waals surface area contributed by atoms with E-state index in [-0.39, 0.29) is 6.61 Å². The maximum atomic E-state index is 12.5. The summed E-state index contributed by atoms with van der Waals surface area (Å²) in [6.07, 6.45) is 3.54. The predicted molar refractivity (Wildman–Crippen MR) is 75.6 cm³/mol. The van der Waals surface area contributed by atoms with Gasteiger partial charge in [-0.1, -0.05) is 19.1 Å². The van der Waals surface area contributed by atoms with Gasteiger partial charge in [-0.3, -0.25) is 0 Å². The maximum Gasteiger partial charge on any atom is 0.161 e. The quantitative estimate of drug-likeness (QED) is 0.344. The first-order chi connectivity index (χ1) is 9.04. The second kappa shape index (κ2) is 10.6. The van der Waals surface area contributed by atoms with Gasteiger partial charge in [0.15, 0.2) is 11.5 Å². The molecule has 110 valence electrons. The van der Waals surface area contributed by atoms with E-state index in [9.17, 15) is 4.39 Å². The van der Waals surface area contributed by atoms with Crippen LogP contribution in [0.4, 0.5) is 4.39 Å². The van der Waals surface area contributed by atoms with E-state index in [1.165, 1.54) is 6.92 Å². The molecule has 0 aliphatic carbocycles. The first-order valence-corrected chi connectivity index (χ1v) is 6.49. The Bertz CT molecular complexity index is 319. The fraction of sp³-hybridized carbons (Fsp3) is 0.600. The van der Waals surface area contributed by atoms with E-state index in [0.29, 0.717) is 24.7 Å². The molecule has 1 atom stereocenters. The van der Waals surface area contributed by atoms with E-state index < -0.39 is 6.17 Å². The van der Waals surface area contributed by atoms with Crippen molar-refractivity contribution < 1.29 is 18.6 Å². The van der Waals surface area contributed by atoms with Crippen LogP contribution < -0.4 is 0 Å². The summed E-state index contributed by atoms with van der Waals surface area (Å²) < 4.78 is 28.5. The van der Waals surface area contributed by atoms with Crippen LogP contribution in [0.15, 0.2) is 35.8 Å². The Morgan fingerprint density at radius 1 is 1.32 bits per heavy atom. The van der Waals surface area contributed by atoms with Gasteiger partial charge in [-0.15, -0.1) is 0 Å². The molecule has 0 saturated carbocycles. The number of halogens is 1.